The first-order chi connectivity index (χ1) is 22.5. The van der Waals surface area contributed by atoms with Crippen molar-refractivity contribution in [3.8, 4) is 0 Å². The van der Waals surface area contributed by atoms with Gasteiger partial charge in [-0.05, 0) is 53.4 Å². The van der Waals surface area contributed by atoms with Crippen LogP contribution in [0.25, 0.3) is 0 Å². The van der Waals surface area contributed by atoms with Crippen LogP contribution in [0, 0.1) is 0 Å². The number of hydrogen-bond acceptors (Lipinski definition) is 6. The predicted octanol–water partition coefficient (Wildman–Crippen LogP) is 5.10. The van der Waals surface area contributed by atoms with Gasteiger partial charge >= 0.3 is 0 Å². The summed E-state index contributed by atoms with van der Waals surface area (Å²) in [6.45, 7) is 7.17. The Labute approximate surface area is 276 Å². The molecule has 4 aromatic rings. The maximum absolute atomic E-state index is 14.1. The Bertz CT molecular complexity index is 1600. The molecule has 240 valence electrons. The van der Waals surface area contributed by atoms with Gasteiger partial charge in [0.1, 0.15) is 18.7 Å². The fraction of sp³-hybridized carbons (Fsp3) is 0.389. The molecular weight excluding hydrogens is 598 g/mol. The quantitative estimate of drug-likeness (QED) is 0.232. The number of carbonyl (C=O) groups excluding carboxylic acids is 2. The van der Waals surface area contributed by atoms with Gasteiger partial charge in [-0.15, -0.1) is 0 Å². The highest BCUT2D eigenvalue weighted by molar-refractivity contribution is 6.30. The molecule has 0 saturated carbocycles. The van der Waals surface area contributed by atoms with E-state index in [0.717, 1.165) is 42.7 Å². The van der Waals surface area contributed by atoms with E-state index in [2.05, 4.69) is 62.5 Å². The Balaban J connectivity index is 1.14. The summed E-state index contributed by atoms with van der Waals surface area (Å²) in [6, 6.07) is 23.6. The van der Waals surface area contributed by atoms with Gasteiger partial charge in [0.05, 0.1) is 6.54 Å². The Kier molecular flexibility index (Phi) is 10.3. The molecule has 1 saturated heterocycles. The zero-order valence-electron chi connectivity index (χ0n) is 26.4. The molecule has 6 rings (SSSR count). The first-order valence-corrected chi connectivity index (χ1v) is 16.7. The van der Waals surface area contributed by atoms with Gasteiger partial charge in [-0.1, -0.05) is 79.5 Å². The number of aromatic nitrogens is 3. The monoisotopic (exact) mass is 639 g/mol. The van der Waals surface area contributed by atoms with Gasteiger partial charge in [-0.2, -0.15) is 5.10 Å². The van der Waals surface area contributed by atoms with E-state index in [1.54, 1.807) is 12.7 Å². The van der Waals surface area contributed by atoms with E-state index in [4.69, 9.17) is 11.6 Å². The lowest BCUT2D eigenvalue weighted by atomic mass is 10.0. The summed E-state index contributed by atoms with van der Waals surface area (Å²) >= 11 is 6.16. The number of carbonyl (C=O) groups is 2. The molecule has 0 aliphatic carbocycles. The number of amides is 2. The Morgan fingerprint density at radius 1 is 0.978 bits per heavy atom. The average molecular weight is 640 g/mol. The second-order valence-corrected chi connectivity index (χ2v) is 12.7. The standard InChI is InChI=1S/C36H42ClN7O2/c1-2-3-16-43-23-28-8-4-6-10-31(28)34(43)22-35(45)40-32(21-27-12-14-30(37)15-13-27)36(46)42-19-17-41(18-20-42)33-11-7-5-9-29(33)24-44-26-38-25-39-44/h4-15,25-26,32,34H,2-3,16-24H2,1H3,(H,40,45)/t32-,34?/m1/s1. The van der Waals surface area contributed by atoms with Crippen molar-refractivity contribution in [2.24, 2.45) is 0 Å². The minimum absolute atomic E-state index is 0.00942. The summed E-state index contributed by atoms with van der Waals surface area (Å²) in [5, 5.41) is 8.08. The van der Waals surface area contributed by atoms with Crippen molar-refractivity contribution in [2.75, 3.05) is 37.6 Å². The van der Waals surface area contributed by atoms with E-state index in [1.165, 1.54) is 11.1 Å². The first kappa shape index (κ1) is 31.8. The van der Waals surface area contributed by atoms with E-state index in [-0.39, 0.29) is 17.9 Å². The molecule has 9 nitrogen and oxygen atoms in total. The summed E-state index contributed by atoms with van der Waals surface area (Å²) in [4.78, 5) is 38.5. The molecule has 46 heavy (non-hydrogen) atoms. The van der Waals surface area contributed by atoms with E-state index in [0.29, 0.717) is 50.6 Å². The summed E-state index contributed by atoms with van der Waals surface area (Å²) in [7, 11) is 0. The second-order valence-electron chi connectivity index (χ2n) is 12.2. The lowest BCUT2D eigenvalue weighted by Gasteiger charge is -2.38. The summed E-state index contributed by atoms with van der Waals surface area (Å²) in [5.41, 5.74) is 5.75. The molecule has 1 aromatic heterocycles. The zero-order valence-corrected chi connectivity index (χ0v) is 27.1. The lowest BCUT2D eigenvalue weighted by molar-refractivity contribution is -0.137. The van der Waals surface area contributed by atoms with Gasteiger partial charge in [-0.25, -0.2) is 9.67 Å². The highest BCUT2D eigenvalue weighted by Gasteiger charge is 2.34. The summed E-state index contributed by atoms with van der Waals surface area (Å²) < 4.78 is 1.82. The fourth-order valence-electron chi connectivity index (χ4n) is 6.68. The van der Waals surface area contributed by atoms with Crippen LogP contribution in [-0.2, 0) is 29.1 Å². The summed E-state index contributed by atoms with van der Waals surface area (Å²) in [6.07, 6.45) is 6.17. The van der Waals surface area contributed by atoms with Crippen LogP contribution < -0.4 is 10.2 Å². The van der Waals surface area contributed by atoms with Crippen LogP contribution in [0.2, 0.25) is 5.02 Å². The third-order valence-electron chi connectivity index (χ3n) is 9.11. The fourth-order valence-corrected chi connectivity index (χ4v) is 6.81. The normalized spacial score (nSPS) is 17.1. The van der Waals surface area contributed by atoms with Crippen molar-refractivity contribution in [3.05, 3.63) is 113 Å². The molecule has 3 heterocycles. The Morgan fingerprint density at radius 3 is 2.50 bits per heavy atom. The van der Waals surface area contributed by atoms with Crippen LogP contribution in [0.15, 0.2) is 85.5 Å². The number of benzene rings is 3. The molecule has 0 spiro atoms. The smallest absolute Gasteiger partial charge is 0.245 e. The maximum Gasteiger partial charge on any atom is 0.245 e. The second kappa shape index (κ2) is 14.9. The molecule has 3 aromatic carbocycles. The van der Waals surface area contributed by atoms with E-state index in [1.807, 2.05) is 52.0 Å². The maximum atomic E-state index is 14.1. The molecule has 1 unspecified atom stereocenters. The minimum Gasteiger partial charge on any atom is -0.368 e. The van der Waals surface area contributed by atoms with Crippen LogP contribution in [0.5, 0.6) is 0 Å². The molecule has 2 atom stereocenters. The minimum atomic E-state index is -0.666. The molecule has 2 aliphatic heterocycles. The predicted molar refractivity (Wildman–Crippen MR) is 181 cm³/mol. The van der Waals surface area contributed by atoms with Crippen LogP contribution >= 0.6 is 11.6 Å². The van der Waals surface area contributed by atoms with Crippen LogP contribution in [0.3, 0.4) is 0 Å². The topological polar surface area (TPSA) is 86.6 Å². The van der Waals surface area contributed by atoms with E-state index < -0.39 is 6.04 Å². The molecule has 1 fully saturated rings. The molecular formula is C36H42ClN7O2. The summed E-state index contributed by atoms with van der Waals surface area (Å²) in [5.74, 6) is -0.148. The van der Waals surface area contributed by atoms with Crippen molar-refractivity contribution < 1.29 is 9.59 Å². The Morgan fingerprint density at radius 2 is 1.74 bits per heavy atom. The number of nitrogens with one attached hydrogen (secondary N) is 1. The molecule has 2 amide bonds. The van der Waals surface area contributed by atoms with Crippen LogP contribution in [-0.4, -0.2) is 75.1 Å². The Hall–Kier alpha value is -4.21. The molecule has 10 heteroatoms. The van der Waals surface area contributed by atoms with E-state index in [9.17, 15) is 9.59 Å². The highest BCUT2D eigenvalue weighted by Crippen LogP contribution is 2.36. The number of halogens is 1. The first-order valence-electron chi connectivity index (χ1n) is 16.3. The van der Waals surface area contributed by atoms with Crippen molar-refractivity contribution in [2.45, 2.75) is 57.8 Å². The number of piperazine rings is 1. The van der Waals surface area contributed by atoms with Gasteiger partial charge in [-0.3, -0.25) is 14.5 Å². The number of hydrogen-bond donors (Lipinski definition) is 1. The van der Waals surface area contributed by atoms with Crippen molar-refractivity contribution >= 4 is 29.1 Å². The lowest BCUT2D eigenvalue weighted by Crippen LogP contribution is -2.56. The van der Waals surface area contributed by atoms with Crippen LogP contribution in [0.4, 0.5) is 5.69 Å². The number of rotatable bonds is 12. The zero-order chi connectivity index (χ0) is 31.9. The molecule has 0 bridgehead atoms. The van der Waals surface area contributed by atoms with E-state index >= 15 is 0 Å². The largest absolute Gasteiger partial charge is 0.368 e. The molecule has 2 aliphatic rings. The number of anilines is 1. The van der Waals surface area contributed by atoms with Gasteiger partial charge in [0.25, 0.3) is 0 Å². The van der Waals surface area contributed by atoms with Crippen molar-refractivity contribution in [1.82, 2.24) is 29.9 Å². The highest BCUT2D eigenvalue weighted by atomic mass is 35.5. The van der Waals surface area contributed by atoms with Gasteiger partial charge in [0.15, 0.2) is 0 Å². The number of para-hydroxylation sites is 1. The number of unbranched alkanes of at least 4 members (excludes halogenated alkanes) is 1. The van der Waals surface area contributed by atoms with Gasteiger partial charge in [0, 0.05) is 62.3 Å². The van der Waals surface area contributed by atoms with Crippen molar-refractivity contribution in [3.63, 3.8) is 0 Å². The SMILES string of the molecule is CCCCN1Cc2ccccc2C1CC(=O)N[C@H](Cc1ccc(Cl)cc1)C(=O)N1CCN(c2ccccc2Cn2cncn2)CC1. The van der Waals surface area contributed by atoms with Gasteiger partial charge < -0.3 is 15.1 Å². The number of nitrogens with zero attached hydrogens (tertiary/aromatic N) is 6. The van der Waals surface area contributed by atoms with Crippen molar-refractivity contribution in [1.29, 1.82) is 0 Å². The van der Waals surface area contributed by atoms with Gasteiger partial charge in [0.2, 0.25) is 11.8 Å². The third kappa shape index (κ3) is 7.59. The van der Waals surface area contributed by atoms with Crippen LogP contribution in [0.1, 0.15) is 54.5 Å². The number of fused-ring (bicyclic) bond motifs is 1. The molecule has 0 radical (unpaired) electrons. The third-order valence-corrected chi connectivity index (χ3v) is 9.37. The average Bonchev–Trinajstić information content (AvgIpc) is 3.72. The molecule has 1 N–H and O–H groups in total.